The molecule has 1 aromatic heterocycles. The number of carbonyl (C=O) groups excluding carboxylic acids is 2. The van der Waals surface area contributed by atoms with Gasteiger partial charge in [0.05, 0.1) is 11.2 Å². The number of amides is 3. The second-order valence-electron chi connectivity index (χ2n) is 7.17. The van der Waals surface area contributed by atoms with E-state index in [1.165, 1.54) is 9.78 Å². The molecule has 0 saturated carbocycles. The van der Waals surface area contributed by atoms with Crippen LogP contribution < -0.4 is 5.32 Å². The first-order chi connectivity index (χ1) is 10.2. The van der Waals surface area contributed by atoms with Gasteiger partial charge in [-0.25, -0.2) is 4.79 Å². The number of thiophene rings is 1. The third kappa shape index (κ3) is 2.25. The number of imide groups is 1. The highest BCUT2D eigenvalue weighted by molar-refractivity contribution is 7.09. The average molecular weight is 322 g/mol. The molecule has 0 bridgehead atoms. The third-order valence-electron chi connectivity index (χ3n) is 4.59. The molecule has 120 valence electrons. The van der Waals surface area contributed by atoms with Crippen LogP contribution in [-0.2, 0) is 16.0 Å². The fraction of sp³-hybridized carbons (Fsp3) is 0.625. The lowest BCUT2D eigenvalue weighted by molar-refractivity contribution is -0.138. The number of nitrogens with zero attached hydrogens (tertiary/aromatic N) is 1. The van der Waals surface area contributed by atoms with Gasteiger partial charge in [-0.05, 0) is 45.6 Å². The van der Waals surface area contributed by atoms with E-state index in [2.05, 4.69) is 5.32 Å². The molecule has 2 aliphatic rings. The van der Waals surface area contributed by atoms with Gasteiger partial charge >= 0.3 is 6.03 Å². The van der Waals surface area contributed by atoms with E-state index in [1.807, 2.05) is 45.2 Å². The molecule has 2 aliphatic heterocycles. The largest absolute Gasteiger partial charge is 0.367 e. The van der Waals surface area contributed by atoms with Crippen molar-refractivity contribution in [3.63, 3.8) is 0 Å². The number of nitrogens with one attached hydrogen (secondary N) is 1. The number of carbonyl (C=O) groups is 2. The lowest BCUT2D eigenvalue weighted by atomic mass is 9.79. The number of ether oxygens (including phenoxy) is 1. The highest BCUT2D eigenvalue weighted by Crippen LogP contribution is 2.47. The van der Waals surface area contributed by atoms with Gasteiger partial charge < -0.3 is 10.1 Å². The molecule has 6 heteroatoms. The van der Waals surface area contributed by atoms with Gasteiger partial charge in [-0.15, -0.1) is 11.3 Å². The Hall–Kier alpha value is -1.40. The van der Waals surface area contributed by atoms with Crippen molar-refractivity contribution in [2.24, 2.45) is 0 Å². The number of hydrogen-bond acceptors (Lipinski definition) is 4. The van der Waals surface area contributed by atoms with Crippen LogP contribution in [0.5, 0.6) is 0 Å². The molecule has 3 heterocycles. The molecule has 5 nitrogen and oxygen atoms in total. The van der Waals surface area contributed by atoms with Crippen LogP contribution in [0.15, 0.2) is 17.5 Å². The molecule has 1 spiro atoms. The summed E-state index contributed by atoms with van der Waals surface area (Å²) in [5.41, 5.74) is -2.11. The summed E-state index contributed by atoms with van der Waals surface area (Å²) in [7, 11) is 0. The lowest BCUT2D eigenvalue weighted by Gasteiger charge is -2.33. The van der Waals surface area contributed by atoms with Crippen molar-refractivity contribution < 1.29 is 14.3 Å². The smallest absolute Gasteiger partial charge is 0.325 e. The fourth-order valence-corrected chi connectivity index (χ4v) is 4.40. The van der Waals surface area contributed by atoms with E-state index in [9.17, 15) is 9.59 Å². The number of hydrogen-bond donors (Lipinski definition) is 1. The van der Waals surface area contributed by atoms with E-state index in [4.69, 9.17) is 4.74 Å². The quantitative estimate of drug-likeness (QED) is 0.870. The van der Waals surface area contributed by atoms with E-state index >= 15 is 0 Å². The predicted molar refractivity (Wildman–Crippen MR) is 84.9 cm³/mol. The maximum Gasteiger partial charge on any atom is 0.325 e. The van der Waals surface area contributed by atoms with Gasteiger partial charge in [-0.1, -0.05) is 6.07 Å². The van der Waals surface area contributed by atoms with Gasteiger partial charge in [-0.3, -0.25) is 9.69 Å². The second kappa shape index (κ2) is 4.80. The van der Waals surface area contributed by atoms with Crippen LogP contribution in [0.2, 0.25) is 0 Å². The maximum absolute atomic E-state index is 13.0. The van der Waals surface area contributed by atoms with Gasteiger partial charge in [-0.2, -0.15) is 0 Å². The Morgan fingerprint density at radius 1 is 1.32 bits per heavy atom. The van der Waals surface area contributed by atoms with Gasteiger partial charge in [0.15, 0.2) is 5.54 Å². The number of rotatable bonds is 3. The Morgan fingerprint density at radius 3 is 2.59 bits per heavy atom. The van der Waals surface area contributed by atoms with Crippen molar-refractivity contribution in [2.75, 3.05) is 6.54 Å². The minimum Gasteiger partial charge on any atom is -0.367 e. The van der Waals surface area contributed by atoms with Crippen molar-refractivity contribution in [1.82, 2.24) is 10.2 Å². The van der Waals surface area contributed by atoms with Crippen LogP contribution in [-0.4, -0.2) is 40.1 Å². The van der Waals surface area contributed by atoms with Crippen LogP contribution in [0.25, 0.3) is 0 Å². The van der Waals surface area contributed by atoms with Crippen LogP contribution in [0.4, 0.5) is 4.79 Å². The Balaban J connectivity index is 1.82. The monoisotopic (exact) mass is 322 g/mol. The standard InChI is InChI=1S/C16H22N2O3S/c1-14(2)10-16(15(3,4)21-14)12(19)18(13(20)17-16)8-7-11-6-5-9-22-11/h5-6,9H,7-8,10H2,1-4H3,(H,17,20). The zero-order valence-electron chi connectivity index (χ0n) is 13.4. The van der Waals surface area contributed by atoms with Crippen LogP contribution >= 0.6 is 11.3 Å². The summed E-state index contributed by atoms with van der Waals surface area (Å²) < 4.78 is 6.03. The van der Waals surface area contributed by atoms with E-state index in [0.717, 1.165) is 0 Å². The highest BCUT2D eigenvalue weighted by Gasteiger charge is 2.67. The average Bonchev–Trinajstić information content (AvgIpc) is 2.99. The van der Waals surface area contributed by atoms with Gasteiger partial charge in [0.25, 0.3) is 5.91 Å². The van der Waals surface area contributed by atoms with E-state index < -0.39 is 16.7 Å². The van der Waals surface area contributed by atoms with Crippen LogP contribution in [0.3, 0.4) is 0 Å². The van der Waals surface area contributed by atoms with Crippen molar-refractivity contribution in [3.8, 4) is 0 Å². The van der Waals surface area contributed by atoms with Gasteiger partial charge in [0.1, 0.15) is 0 Å². The van der Waals surface area contributed by atoms with Crippen LogP contribution in [0, 0.1) is 0 Å². The Bertz CT molecular complexity index is 609. The molecular weight excluding hydrogens is 300 g/mol. The zero-order chi connectivity index (χ0) is 16.2. The molecule has 1 N–H and O–H groups in total. The second-order valence-corrected chi connectivity index (χ2v) is 8.20. The molecule has 1 atom stereocenters. The van der Waals surface area contributed by atoms with Gasteiger partial charge in [0.2, 0.25) is 0 Å². The third-order valence-corrected chi connectivity index (χ3v) is 5.52. The van der Waals surface area contributed by atoms with Crippen molar-refractivity contribution >= 4 is 23.3 Å². The molecule has 1 unspecified atom stereocenters. The topological polar surface area (TPSA) is 58.6 Å². The van der Waals surface area contributed by atoms with E-state index in [1.54, 1.807) is 11.3 Å². The summed E-state index contributed by atoms with van der Waals surface area (Å²) in [6, 6.07) is 3.69. The van der Waals surface area contributed by atoms with Gasteiger partial charge in [0, 0.05) is 17.8 Å². The summed E-state index contributed by atoms with van der Waals surface area (Å²) in [4.78, 5) is 27.8. The Labute approximate surface area is 134 Å². The summed E-state index contributed by atoms with van der Waals surface area (Å²) in [6.07, 6.45) is 1.19. The molecule has 0 radical (unpaired) electrons. The SMILES string of the molecule is CC1(C)CC2(NC(=O)N(CCc3cccs3)C2=O)C(C)(C)O1. The fourth-order valence-electron chi connectivity index (χ4n) is 3.70. The maximum atomic E-state index is 13.0. The minimum atomic E-state index is -0.955. The Kier molecular flexibility index (Phi) is 3.38. The molecule has 2 fully saturated rings. The van der Waals surface area contributed by atoms with Crippen molar-refractivity contribution in [1.29, 1.82) is 0 Å². The minimum absolute atomic E-state index is 0.162. The molecule has 3 amide bonds. The summed E-state index contributed by atoms with van der Waals surface area (Å²) in [5.74, 6) is -0.162. The van der Waals surface area contributed by atoms with E-state index in [0.29, 0.717) is 19.4 Å². The van der Waals surface area contributed by atoms with Crippen molar-refractivity contribution in [2.45, 2.75) is 57.3 Å². The molecule has 2 saturated heterocycles. The number of urea groups is 1. The first kappa shape index (κ1) is 15.5. The molecule has 3 rings (SSSR count). The Morgan fingerprint density at radius 2 is 2.05 bits per heavy atom. The van der Waals surface area contributed by atoms with E-state index in [-0.39, 0.29) is 11.9 Å². The van der Waals surface area contributed by atoms with Crippen LogP contribution in [0.1, 0.15) is 39.0 Å². The molecule has 0 aromatic carbocycles. The first-order valence-corrected chi connectivity index (χ1v) is 8.42. The van der Waals surface area contributed by atoms with Crippen molar-refractivity contribution in [3.05, 3.63) is 22.4 Å². The molecular formula is C16H22N2O3S. The summed E-state index contributed by atoms with van der Waals surface area (Å²) in [5, 5.41) is 4.92. The molecule has 1 aromatic rings. The summed E-state index contributed by atoms with van der Waals surface area (Å²) in [6.45, 7) is 8.07. The zero-order valence-corrected chi connectivity index (χ0v) is 14.3. The summed E-state index contributed by atoms with van der Waals surface area (Å²) >= 11 is 1.64. The normalized spacial score (nSPS) is 29.4. The highest BCUT2D eigenvalue weighted by atomic mass is 32.1. The molecule has 22 heavy (non-hydrogen) atoms. The lowest BCUT2D eigenvalue weighted by Crippen LogP contribution is -2.59. The first-order valence-electron chi connectivity index (χ1n) is 7.54. The predicted octanol–water partition coefficient (Wildman–Crippen LogP) is 2.56. The molecule has 0 aliphatic carbocycles.